The van der Waals surface area contributed by atoms with Crippen LogP contribution in [0.4, 0.5) is 0 Å². The molecule has 3 fully saturated rings. The van der Waals surface area contributed by atoms with Crippen molar-refractivity contribution in [3.8, 4) is 0 Å². The number of thiol groups is 1. The van der Waals surface area contributed by atoms with Gasteiger partial charge in [-0.05, 0) is 61.7 Å². The van der Waals surface area contributed by atoms with Gasteiger partial charge in [-0.15, -0.1) is 0 Å². The van der Waals surface area contributed by atoms with Gasteiger partial charge in [-0.1, -0.05) is 0 Å². The van der Waals surface area contributed by atoms with Crippen molar-refractivity contribution in [2.45, 2.75) is 32.1 Å². The summed E-state index contributed by atoms with van der Waals surface area (Å²) in [4.78, 5) is 4.44. The molecule has 3 rings (SSSR count). The quantitative estimate of drug-likeness (QED) is 0.442. The summed E-state index contributed by atoms with van der Waals surface area (Å²) >= 11 is 4.14. The molecule has 0 aromatic heterocycles. The van der Waals surface area contributed by atoms with Gasteiger partial charge in [0.25, 0.3) is 0 Å². The number of amidine groups is 1. The van der Waals surface area contributed by atoms with Crippen LogP contribution in [0.5, 0.6) is 0 Å². The van der Waals surface area contributed by atoms with Crippen molar-refractivity contribution < 1.29 is 0 Å². The first-order valence-electron chi connectivity index (χ1n) is 6.67. The number of hydrogen-bond donors (Lipinski definition) is 2. The Balaban J connectivity index is 1.58. The first-order valence-corrected chi connectivity index (χ1v) is 7.30. The Bertz CT molecular complexity index is 284. The molecule has 0 aliphatic heterocycles. The van der Waals surface area contributed by atoms with Crippen LogP contribution in [-0.4, -0.2) is 18.1 Å². The fourth-order valence-corrected chi connectivity index (χ4v) is 4.68. The van der Waals surface area contributed by atoms with Crippen molar-refractivity contribution in [3.63, 3.8) is 0 Å². The van der Waals surface area contributed by atoms with Crippen LogP contribution in [0.1, 0.15) is 32.1 Å². The van der Waals surface area contributed by atoms with Crippen molar-refractivity contribution in [1.29, 1.82) is 0 Å². The molecule has 90 valence electrons. The summed E-state index contributed by atoms with van der Waals surface area (Å²) in [5, 5.41) is 0. The molecule has 4 atom stereocenters. The molecule has 3 saturated carbocycles. The van der Waals surface area contributed by atoms with E-state index in [9.17, 15) is 0 Å². The second-order valence-electron chi connectivity index (χ2n) is 5.99. The topological polar surface area (TPSA) is 38.4 Å². The molecule has 0 heterocycles. The van der Waals surface area contributed by atoms with E-state index in [1.165, 1.54) is 25.7 Å². The van der Waals surface area contributed by atoms with Crippen LogP contribution in [0.25, 0.3) is 0 Å². The lowest BCUT2D eigenvalue weighted by atomic mass is 9.82. The highest BCUT2D eigenvalue weighted by Gasteiger charge is 2.51. The minimum atomic E-state index is 0.602. The average molecular weight is 238 g/mol. The summed E-state index contributed by atoms with van der Waals surface area (Å²) < 4.78 is 0. The number of aliphatic imine (C=N–C) groups is 1. The zero-order valence-electron chi connectivity index (χ0n) is 9.81. The third-order valence-corrected chi connectivity index (χ3v) is 5.52. The molecule has 4 unspecified atom stereocenters. The molecule has 0 saturated heterocycles. The van der Waals surface area contributed by atoms with E-state index in [1.807, 2.05) is 0 Å². The number of nitrogens with two attached hydrogens (primary N) is 1. The third kappa shape index (κ3) is 1.77. The summed E-state index contributed by atoms with van der Waals surface area (Å²) in [6.45, 7) is 0.957. The summed E-state index contributed by atoms with van der Waals surface area (Å²) in [7, 11) is 0. The molecule has 2 bridgehead atoms. The molecule has 0 aromatic carbocycles. The minimum Gasteiger partial charge on any atom is -0.387 e. The smallest absolute Gasteiger partial charge is 0.103 e. The van der Waals surface area contributed by atoms with Gasteiger partial charge in [-0.2, -0.15) is 12.6 Å². The van der Waals surface area contributed by atoms with Crippen LogP contribution in [0.2, 0.25) is 0 Å². The molecule has 3 aliphatic carbocycles. The van der Waals surface area contributed by atoms with Crippen LogP contribution in [0.15, 0.2) is 4.99 Å². The molecule has 16 heavy (non-hydrogen) atoms. The average Bonchev–Trinajstić information content (AvgIpc) is 2.96. The lowest BCUT2D eigenvalue weighted by Crippen LogP contribution is -2.15. The maximum Gasteiger partial charge on any atom is 0.103 e. The molecule has 0 radical (unpaired) electrons. The molecular formula is C13H22N2S. The van der Waals surface area contributed by atoms with Crippen molar-refractivity contribution in [2.75, 3.05) is 12.3 Å². The normalized spacial score (nSPS) is 46.3. The van der Waals surface area contributed by atoms with Gasteiger partial charge in [-0.25, -0.2) is 0 Å². The Morgan fingerprint density at radius 1 is 1.12 bits per heavy atom. The highest BCUT2D eigenvalue weighted by Crippen LogP contribution is 2.59. The van der Waals surface area contributed by atoms with Crippen molar-refractivity contribution in [2.24, 2.45) is 40.3 Å². The second kappa shape index (κ2) is 4.25. The number of fused-ring (bicyclic) bond motifs is 5. The van der Waals surface area contributed by atoms with E-state index in [0.29, 0.717) is 11.6 Å². The van der Waals surface area contributed by atoms with Gasteiger partial charge >= 0.3 is 0 Å². The standard InChI is InChI=1S/C13H22N2S/c14-13(7-16)15-6-8-3-11-9-1-2-10(5-9)12(11)4-8/h8-12,16H,1-7H2,(H2,14,15). The Hall–Kier alpha value is -0.180. The molecule has 3 aliphatic rings. The van der Waals surface area contributed by atoms with E-state index < -0.39 is 0 Å². The van der Waals surface area contributed by atoms with Gasteiger partial charge in [0.15, 0.2) is 0 Å². The summed E-state index contributed by atoms with van der Waals surface area (Å²) in [6, 6.07) is 0. The molecule has 2 nitrogen and oxygen atoms in total. The molecule has 0 spiro atoms. The van der Waals surface area contributed by atoms with Gasteiger partial charge in [0.2, 0.25) is 0 Å². The van der Waals surface area contributed by atoms with E-state index in [0.717, 1.165) is 36.1 Å². The highest BCUT2D eigenvalue weighted by atomic mass is 32.1. The third-order valence-electron chi connectivity index (χ3n) is 5.20. The fraction of sp³-hybridized carbons (Fsp3) is 0.923. The van der Waals surface area contributed by atoms with Crippen LogP contribution in [0.3, 0.4) is 0 Å². The van der Waals surface area contributed by atoms with Crippen molar-refractivity contribution >= 4 is 18.5 Å². The number of hydrogen-bond acceptors (Lipinski definition) is 2. The molecule has 3 heteroatoms. The molecular weight excluding hydrogens is 216 g/mol. The minimum absolute atomic E-state index is 0.602. The zero-order chi connectivity index (χ0) is 11.1. The zero-order valence-corrected chi connectivity index (χ0v) is 10.7. The summed E-state index contributed by atoms with van der Waals surface area (Å²) in [5.41, 5.74) is 5.71. The van der Waals surface area contributed by atoms with E-state index in [1.54, 1.807) is 6.42 Å². The second-order valence-corrected chi connectivity index (χ2v) is 6.30. The molecule has 0 amide bonds. The Kier molecular flexibility index (Phi) is 2.90. The van der Waals surface area contributed by atoms with Crippen LogP contribution >= 0.6 is 12.6 Å². The maximum atomic E-state index is 5.71. The Labute approximate surface area is 103 Å². The summed E-state index contributed by atoms with van der Waals surface area (Å²) in [5.74, 6) is 6.38. The predicted molar refractivity (Wildman–Crippen MR) is 70.9 cm³/mol. The summed E-state index contributed by atoms with van der Waals surface area (Å²) in [6.07, 6.45) is 7.43. The van der Waals surface area contributed by atoms with Crippen LogP contribution in [0, 0.1) is 29.6 Å². The van der Waals surface area contributed by atoms with Crippen molar-refractivity contribution in [1.82, 2.24) is 0 Å². The molecule has 0 aromatic rings. The van der Waals surface area contributed by atoms with Crippen LogP contribution in [-0.2, 0) is 0 Å². The number of rotatable bonds is 3. The lowest BCUT2D eigenvalue weighted by molar-refractivity contribution is 0.259. The van der Waals surface area contributed by atoms with E-state index >= 15 is 0 Å². The van der Waals surface area contributed by atoms with Gasteiger partial charge in [0.05, 0.1) is 0 Å². The van der Waals surface area contributed by atoms with E-state index in [-0.39, 0.29) is 0 Å². The Morgan fingerprint density at radius 3 is 2.31 bits per heavy atom. The predicted octanol–water partition coefficient (Wildman–Crippen LogP) is 2.35. The van der Waals surface area contributed by atoms with Crippen molar-refractivity contribution in [3.05, 3.63) is 0 Å². The van der Waals surface area contributed by atoms with E-state index in [2.05, 4.69) is 17.6 Å². The van der Waals surface area contributed by atoms with Gasteiger partial charge in [-0.3, -0.25) is 4.99 Å². The fourth-order valence-electron chi connectivity index (χ4n) is 4.58. The van der Waals surface area contributed by atoms with Crippen LogP contribution < -0.4 is 5.73 Å². The van der Waals surface area contributed by atoms with Gasteiger partial charge in [0, 0.05) is 12.3 Å². The monoisotopic (exact) mass is 238 g/mol. The first kappa shape index (κ1) is 10.9. The van der Waals surface area contributed by atoms with Gasteiger partial charge < -0.3 is 5.73 Å². The largest absolute Gasteiger partial charge is 0.387 e. The Morgan fingerprint density at radius 2 is 1.75 bits per heavy atom. The van der Waals surface area contributed by atoms with Gasteiger partial charge in [0.1, 0.15) is 5.84 Å². The number of nitrogens with zero attached hydrogens (tertiary/aromatic N) is 1. The molecule has 2 N–H and O–H groups in total. The maximum absolute atomic E-state index is 5.71. The highest BCUT2D eigenvalue weighted by molar-refractivity contribution is 7.81. The SMILES string of the molecule is NC(CS)=NCC1CC2C3CCC(C3)C2C1. The first-order chi connectivity index (χ1) is 7.78. The van der Waals surface area contributed by atoms with E-state index in [4.69, 9.17) is 5.73 Å². The lowest BCUT2D eigenvalue weighted by Gasteiger charge is -2.23.